The Morgan fingerprint density at radius 1 is 1.21 bits per heavy atom. The molecule has 3 aromatic heterocycles. The van der Waals surface area contributed by atoms with E-state index < -0.39 is 0 Å². The lowest BCUT2D eigenvalue weighted by molar-refractivity contribution is 0.0304. The molecule has 4 heterocycles. The van der Waals surface area contributed by atoms with Crippen LogP contribution < -0.4 is 5.73 Å². The number of anilines is 1. The molecule has 0 aliphatic carbocycles. The lowest BCUT2D eigenvalue weighted by Gasteiger charge is -2.26. The fourth-order valence-electron chi connectivity index (χ4n) is 3.44. The van der Waals surface area contributed by atoms with E-state index in [1.165, 1.54) is 0 Å². The number of hydrogen-bond donors (Lipinski definition) is 1. The van der Waals surface area contributed by atoms with Gasteiger partial charge >= 0.3 is 0 Å². The summed E-state index contributed by atoms with van der Waals surface area (Å²) < 4.78 is 12.3. The zero-order valence-electron chi connectivity index (χ0n) is 14.8. The molecule has 142 valence electrons. The van der Waals surface area contributed by atoms with Crippen molar-refractivity contribution in [3.63, 3.8) is 0 Å². The Morgan fingerprint density at radius 2 is 2.04 bits per heavy atom. The van der Waals surface area contributed by atoms with Crippen molar-refractivity contribution in [3.05, 3.63) is 47.2 Å². The molecule has 1 saturated heterocycles. The molecule has 2 N–H and O–H groups in total. The maximum Gasteiger partial charge on any atom is 0.292 e. The first kappa shape index (κ1) is 17.0. The molecule has 5 rings (SSSR count). The smallest absolute Gasteiger partial charge is 0.292 e. The van der Waals surface area contributed by atoms with Crippen LogP contribution in [0, 0.1) is 0 Å². The first-order valence-corrected chi connectivity index (χ1v) is 9.18. The Morgan fingerprint density at radius 3 is 2.86 bits per heavy atom. The maximum atomic E-state index is 12.9. The minimum atomic E-state index is -0.0544. The highest BCUT2D eigenvalue weighted by Gasteiger charge is 2.22. The van der Waals surface area contributed by atoms with Crippen LogP contribution in [-0.2, 0) is 4.74 Å². The Hall–Kier alpha value is -3.10. The third kappa shape index (κ3) is 2.78. The fourth-order valence-corrected chi connectivity index (χ4v) is 3.70. The first-order chi connectivity index (χ1) is 13.6. The number of carbonyl (C=O) groups excluding carboxylic acids is 1. The van der Waals surface area contributed by atoms with E-state index in [4.69, 9.17) is 26.5 Å². The molecule has 28 heavy (non-hydrogen) atoms. The van der Waals surface area contributed by atoms with Crippen molar-refractivity contribution in [2.75, 3.05) is 32.0 Å². The van der Waals surface area contributed by atoms with Crippen molar-refractivity contribution in [3.8, 4) is 11.1 Å². The number of fused-ring (bicyclic) bond motifs is 2. The largest absolute Gasteiger partial charge is 0.424 e. The van der Waals surface area contributed by atoms with E-state index in [2.05, 4.69) is 10.1 Å². The van der Waals surface area contributed by atoms with E-state index in [0.717, 1.165) is 11.1 Å². The van der Waals surface area contributed by atoms with Crippen LogP contribution in [0.3, 0.4) is 0 Å². The van der Waals surface area contributed by atoms with Crippen LogP contribution in [0.25, 0.3) is 27.7 Å². The number of pyridine rings is 1. The number of amides is 1. The van der Waals surface area contributed by atoms with Crippen LogP contribution >= 0.6 is 11.6 Å². The number of oxazole rings is 1. The molecule has 1 amide bonds. The van der Waals surface area contributed by atoms with E-state index in [1.54, 1.807) is 27.9 Å². The van der Waals surface area contributed by atoms with Gasteiger partial charge in [0.05, 0.1) is 35.5 Å². The molecule has 0 unspecified atom stereocenters. The monoisotopic (exact) mass is 397 g/mol. The fraction of sp³-hybridized carbons (Fsp3) is 0.211. The zero-order valence-corrected chi connectivity index (χ0v) is 15.5. The number of rotatable bonds is 2. The van der Waals surface area contributed by atoms with E-state index in [9.17, 15) is 4.79 Å². The van der Waals surface area contributed by atoms with Gasteiger partial charge in [-0.05, 0) is 23.8 Å². The number of morpholine rings is 1. The predicted molar refractivity (Wildman–Crippen MR) is 104 cm³/mol. The summed E-state index contributed by atoms with van der Waals surface area (Å²) in [7, 11) is 0. The number of aromatic nitrogens is 3. The summed E-state index contributed by atoms with van der Waals surface area (Å²) >= 11 is 6.46. The third-order valence-corrected chi connectivity index (χ3v) is 5.17. The summed E-state index contributed by atoms with van der Waals surface area (Å²) in [6.45, 7) is 2.25. The normalized spacial score (nSPS) is 14.8. The summed E-state index contributed by atoms with van der Waals surface area (Å²) in [5.74, 6) is -0.0544. The van der Waals surface area contributed by atoms with Gasteiger partial charge in [-0.25, -0.2) is 4.52 Å². The lowest BCUT2D eigenvalue weighted by Crippen LogP contribution is -2.40. The van der Waals surface area contributed by atoms with Crippen LogP contribution in [0.2, 0.25) is 5.02 Å². The van der Waals surface area contributed by atoms with Gasteiger partial charge in [0.15, 0.2) is 5.58 Å². The second-order valence-corrected chi connectivity index (χ2v) is 6.97. The van der Waals surface area contributed by atoms with Crippen LogP contribution in [0.4, 0.5) is 6.01 Å². The number of hydrogen-bond acceptors (Lipinski definition) is 6. The van der Waals surface area contributed by atoms with E-state index in [1.807, 2.05) is 18.2 Å². The van der Waals surface area contributed by atoms with Gasteiger partial charge in [-0.15, -0.1) is 0 Å². The average molecular weight is 398 g/mol. The molecule has 1 aliphatic rings. The summed E-state index contributed by atoms with van der Waals surface area (Å²) in [6.07, 6.45) is 3.40. The standard InChI is InChI=1S/C19H16ClN5O3/c20-14-9-17-15(23-19(21)28-17)8-12(14)11-1-2-25-16(7-11)13(10-22-25)18(26)24-3-5-27-6-4-24/h1-2,7-10H,3-6H2,(H2,21,23). The Balaban J connectivity index is 1.60. The molecule has 1 aliphatic heterocycles. The molecule has 8 nitrogen and oxygen atoms in total. The number of ether oxygens (including phenoxy) is 1. The second kappa shape index (κ2) is 6.50. The van der Waals surface area contributed by atoms with Crippen LogP contribution in [0.1, 0.15) is 10.4 Å². The highest BCUT2D eigenvalue weighted by Crippen LogP contribution is 2.33. The van der Waals surface area contributed by atoms with Gasteiger partial charge in [-0.3, -0.25) is 4.79 Å². The molecule has 0 spiro atoms. The molecule has 0 bridgehead atoms. The van der Waals surface area contributed by atoms with Crippen molar-refractivity contribution in [2.45, 2.75) is 0 Å². The van der Waals surface area contributed by atoms with E-state index in [0.29, 0.717) is 53.5 Å². The second-order valence-electron chi connectivity index (χ2n) is 6.56. The summed E-state index contributed by atoms with van der Waals surface area (Å²) in [6, 6.07) is 7.39. The highest BCUT2D eigenvalue weighted by molar-refractivity contribution is 6.34. The number of carbonyl (C=O) groups is 1. The maximum absolute atomic E-state index is 12.9. The number of benzene rings is 1. The number of halogens is 1. The topological polar surface area (TPSA) is 98.9 Å². The van der Waals surface area contributed by atoms with Gasteiger partial charge in [0, 0.05) is 30.9 Å². The Kier molecular flexibility index (Phi) is 3.96. The summed E-state index contributed by atoms with van der Waals surface area (Å²) in [5.41, 5.74) is 9.66. The van der Waals surface area contributed by atoms with Gasteiger partial charge in [0.1, 0.15) is 5.52 Å². The van der Waals surface area contributed by atoms with Gasteiger partial charge in [0.25, 0.3) is 11.9 Å². The Labute approximate surface area is 164 Å². The van der Waals surface area contributed by atoms with Crippen LogP contribution in [0.5, 0.6) is 0 Å². The highest BCUT2D eigenvalue weighted by atomic mass is 35.5. The van der Waals surface area contributed by atoms with Gasteiger partial charge in [-0.1, -0.05) is 11.6 Å². The third-order valence-electron chi connectivity index (χ3n) is 4.86. The molecular formula is C19H16ClN5O3. The molecule has 9 heteroatoms. The predicted octanol–water partition coefficient (Wildman–Crippen LogP) is 2.85. The van der Waals surface area contributed by atoms with Gasteiger partial charge in [-0.2, -0.15) is 10.1 Å². The zero-order chi connectivity index (χ0) is 19.3. The van der Waals surface area contributed by atoms with Gasteiger partial charge < -0.3 is 19.8 Å². The molecule has 4 aromatic rings. The lowest BCUT2D eigenvalue weighted by atomic mass is 10.0. The number of nitrogens with zero attached hydrogens (tertiary/aromatic N) is 4. The van der Waals surface area contributed by atoms with Crippen molar-refractivity contribution in [1.29, 1.82) is 0 Å². The van der Waals surface area contributed by atoms with Crippen molar-refractivity contribution in [1.82, 2.24) is 19.5 Å². The van der Waals surface area contributed by atoms with Crippen molar-refractivity contribution >= 4 is 40.1 Å². The Bertz CT molecular complexity index is 1210. The molecular weight excluding hydrogens is 382 g/mol. The first-order valence-electron chi connectivity index (χ1n) is 8.80. The minimum absolute atomic E-state index is 0.0544. The molecule has 0 saturated carbocycles. The van der Waals surface area contributed by atoms with Crippen molar-refractivity contribution < 1.29 is 13.9 Å². The summed E-state index contributed by atoms with van der Waals surface area (Å²) in [4.78, 5) is 18.9. The molecule has 0 radical (unpaired) electrons. The van der Waals surface area contributed by atoms with Crippen molar-refractivity contribution in [2.24, 2.45) is 0 Å². The molecule has 1 aromatic carbocycles. The minimum Gasteiger partial charge on any atom is -0.424 e. The summed E-state index contributed by atoms with van der Waals surface area (Å²) in [5, 5.41) is 4.81. The van der Waals surface area contributed by atoms with Crippen LogP contribution in [-0.4, -0.2) is 51.7 Å². The van der Waals surface area contributed by atoms with E-state index in [-0.39, 0.29) is 11.9 Å². The number of nitrogens with two attached hydrogens (primary N) is 1. The SMILES string of the molecule is Nc1nc2cc(-c3ccn4ncc(C(=O)N5CCOCC5)c4c3)c(Cl)cc2o1. The molecule has 1 fully saturated rings. The van der Waals surface area contributed by atoms with Gasteiger partial charge in [0.2, 0.25) is 0 Å². The van der Waals surface area contributed by atoms with Crippen LogP contribution in [0.15, 0.2) is 41.1 Å². The molecule has 0 atom stereocenters. The quantitative estimate of drug-likeness (QED) is 0.558. The van der Waals surface area contributed by atoms with E-state index >= 15 is 0 Å². The number of nitrogen functional groups attached to an aromatic ring is 1. The average Bonchev–Trinajstić information content (AvgIpc) is 3.29.